The SMILES string of the molecule is CCCC.Cl.Cl.[C-]1=CC=CC1.[C-]1=CC=CC1.[Zr+2]. The molecule has 0 nitrogen and oxygen atoms in total. The maximum atomic E-state index is 2.99. The van der Waals surface area contributed by atoms with Gasteiger partial charge in [-0.25, -0.2) is 24.3 Å². The monoisotopic (exact) mass is 350 g/mol. The van der Waals surface area contributed by atoms with Gasteiger partial charge in [0, 0.05) is 0 Å². The van der Waals surface area contributed by atoms with Crippen LogP contribution < -0.4 is 0 Å². The molecule has 0 saturated heterocycles. The van der Waals surface area contributed by atoms with Gasteiger partial charge in [-0.15, -0.1) is 37.7 Å². The van der Waals surface area contributed by atoms with Crippen LogP contribution in [0.1, 0.15) is 39.5 Å². The van der Waals surface area contributed by atoms with E-state index in [1.54, 1.807) is 0 Å². The molecule has 96 valence electrons. The minimum absolute atomic E-state index is 0. The van der Waals surface area contributed by atoms with Crippen molar-refractivity contribution < 1.29 is 26.2 Å². The fourth-order valence-corrected chi connectivity index (χ4v) is 0.680. The summed E-state index contributed by atoms with van der Waals surface area (Å²) in [5.74, 6) is 0. The number of rotatable bonds is 1. The number of hydrogen-bond donors (Lipinski definition) is 0. The van der Waals surface area contributed by atoms with Crippen LogP contribution in [0, 0.1) is 12.2 Å². The van der Waals surface area contributed by atoms with Gasteiger partial charge in [0.2, 0.25) is 0 Å². The van der Waals surface area contributed by atoms with E-state index in [2.05, 4.69) is 38.2 Å². The molecular weight excluding hydrogens is 330 g/mol. The topological polar surface area (TPSA) is 0 Å². The minimum Gasteiger partial charge on any atom is -0.273 e. The summed E-state index contributed by atoms with van der Waals surface area (Å²) in [4.78, 5) is 0. The molecule has 0 spiro atoms. The molecule has 0 aromatic rings. The second-order valence-electron chi connectivity index (χ2n) is 3.01. The molecule has 2 rings (SSSR count). The minimum atomic E-state index is 0. The molecule has 0 aromatic carbocycles. The number of hydrogen-bond acceptors (Lipinski definition) is 0. The molecule has 0 atom stereocenters. The van der Waals surface area contributed by atoms with Gasteiger partial charge in [0.15, 0.2) is 0 Å². The standard InChI is InChI=1S/2C5H5.C4H10.2ClH.Zr/c2*1-2-4-5-3-1;1-3-4-2;;;/h2*1-3H,4H2;3-4H2,1-2H3;2*1H;/q2*-1;;;;+2. The van der Waals surface area contributed by atoms with Crippen LogP contribution in [-0.4, -0.2) is 0 Å². The third-order valence-corrected chi connectivity index (χ3v) is 1.67. The smallest absolute Gasteiger partial charge is 0.273 e. The van der Waals surface area contributed by atoms with Crippen LogP contribution >= 0.6 is 24.8 Å². The average molecular weight is 352 g/mol. The summed E-state index contributed by atoms with van der Waals surface area (Å²) in [5.41, 5.74) is 0. The Balaban J connectivity index is -0.0000000692. The van der Waals surface area contributed by atoms with Crippen LogP contribution in [0.3, 0.4) is 0 Å². The predicted molar refractivity (Wildman–Crippen MR) is 78.2 cm³/mol. The molecule has 0 N–H and O–H groups in total. The molecular formula is C14H22Cl2Zr. The Labute approximate surface area is 138 Å². The summed E-state index contributed by atoms with van der Waals surface area (Å²) < 4.78 is 0. The first-order valence-corrected chi connectivity index (χ1v) is 5.35. The van der Waals surface area contributed by atoms with Crippen molar-refractivity contribution in [1.82, 2.24) is 0 Å². The first-order chi connectivity index (χ1) is 6.91. The van der Waals surface area contributed by atoms with Gasteiger partial charge in [-0.3, -0.25) is 12.2 Å². The Morgan fingerprint density at radius 1 is 0.824 bits per heavy atom. The summed E-state index contributed by atoms with van der Waals surface area (Å²) >= 11 is 0. The molecule has 0 amide bonds. The first-order valence-electron chi connectivity index (χ1n) is 5.35. The molecule has 0 bridgehead atoms. The second-order valence-corrected chi connectivity index (χ2v) is 3.01. The van der Waals surface area contributed by atoms with Gasteiger partial charge < -0.3 is 0 Å². The summed E-state index contributed by atoms with van der Waals surface area (Å²) in [5, 5.41) is 0. The zero-order chi connectivity index (χ0) is 10.5. The van der Waals surface area contributed by atoms with E-state index >= 15 is 0 Å². The van der Waals surface area contributed by atoms with Crippen LogP contribution in [0.25, 0.3) is 0 Å². The van der Waals surface area contributed by atoms with Crippen molar-refractivity contribution in [1.29, 1.82) is 0 Å². The van der Waals surface area contributed by atoms with Crippen molar-refractivity contribution in [2.45, 2.75) is 39.5 Å². The zero-order valence-corrected chi connectivity index (χ0v) is 14.7. The molecule has 17 heavy (non-hydrogen) atoms. The van der Waals surface area contributed by atoms with Gasteiger partial charge in [0.05, 0.1) is 0 Å². The summed E-state index contributed by atoms with van der Waals surface area (Å²) in [6.07, 6.45) is 22.6. The van der Waals surface area contributed by atoms with Gasteiger partial charge in [-0.1, -0.05) is 26.7 Å². The second kappa shape index (κ2) is 25.3. The predicted octanol–water partition coefficient (Wildman–Crippen LogP) is 5.26. The Kier molecular flexibility index (Phi) is 38.8. The third kappa shape index (κ3) is 26.2. The van der Waals surface area contributed by atoms with Gasteiger partial charge >= 0.3 is 26.2 Å². The quantitative estimate of drug-likeness (QED) is 0.565. The van der Waals surface area contributed by atoms with E-state index < -0.39 is 0 Å². The molecule has 3 heteroatoms. The van der Waals surface area contributed by atoms with E-state index in [1.807, 2.05) is 24.3 Å². The largest absolute Gasteiger partial charge is 2.00 e. The summed E-state index contributed by atoms with van der Waals surface area (Å²) in [7, 11) is 0. The number of allylic oxidation sites excluding steroid dienone is 8. The Hall–Kier alpha value is 0.423. The molecule has 0 fully saturated rings. The Morgan fingerprint density at radius 2 is 1.18 bits per heavy atom. The van der Waals surface area contributed by atoms with Gasteiger partial charge in [-0.05, 0) is 0 Å². The molecule has 0 aliphatic heterocycles. The summed E-state index contributed by atoms with van der Waals surface area (Å²) in [6, 6.07) is 0. The molecule has 0 aromatic heterocycles. The fraction of sp³-hybridized carbons (Fsp3) is 0.429. The van der Waals surface area contributed by atoms with Crippen molar-refractivity contribution >= 4 is 24.8 Å². The first kappa shape index (κ1) is 26.1. The fourth-order valence-electron chi connectivity index (χ4n) is 0.680. The summed E-state index contributed by atoms with van der Waals surface area (Å²) in [6.45, 7) is 4.36. The van der Waals surface area contributed by atoms with Gasteiger partial charge in [0.25, 0.3) is 0 Å². The molecule has 0 unspecified atom stereocenters. The van der Waals surface area contributed by atoms with E-state index in [1.165, 1.54) is 12.8 Å². The van der Waals surface area contributed by atoms with Crippen molar-refractivity contribution in [3.05, 3.63) is 48.6 Å². The van der Waals surface area contributed by atoms with Crippen LogP contribution in [0.5, 0.6) is 0 Å². The maximum Gasteiger partial charge on any atom is 2.00 e. The molecule has 0 saturated carbocycles. The molecule has 0 heterocycles. The van der Waals surface area contributed by atoms with Crippen molar-refractivity contribution in [2.75, 3.05) is 0 Å². The Morgan fingerprint density at radius 3 is 1.24 bits per heavy atom. The van der Waals surface area contributed by atoms with E-state index in [0.29, 0.717) is 0 Å². The number of halogens is 2. The normalized spacial score (nSPS) is 12.1. The van der Waals surface area contributed by atoms with Crippen molar-refractivity contribution in [3.8, 4) is 0 Å². The van der Waals surface area contributed by atoms with Crippen LogP contribution in [0.4, 0.5) is 0 Å². The van der Waals surface area contributed by atoms with E-state index in [-0.39, 0.29) is 51.0 Å². The van der Waals surface area contributed by atoms with Crippen LogP contribution in [0.15, 0.2) is 36.5 Å². The van der Waals surface area contributed by atoms with Gasteiger partial charge in [0.1, 0.15) is 0 Å². The van der Waals surface area contributed by atoms with Gasteiger partial charge in [-0.2, -0.15) is 12.2 Å². The Bertz CT molecular complexity index is 174. The number of unbranched alkanes of at least 4 members (excludes halogenated alkanes) is 1. The van der Waals surface area contributed by atoms with Crippen LogP contribution in [-0.2, 0) is 26.2 Å². The zero-order valence-electron chi connectivity index (χ0n) is 10.6. The van der Waals surface area contributed by atoms with E-state index in [9.17, 15) is 0 Å². The molecule has 2 aliphatic rings. The maximum absolute atomic E-state index is 2.99. The van der Waals surface area contributed by atoms with Crippen molar-refractivity contribution in [2.24, 2.45) is 0 Å². The average Bonchev–Trinajstić information content (AvgIpc) is 2.94. The molecule has 2 aliphatic carbocycles. The van der Waals surface area contributed by atoms with E-state index in [4.69, 9.17) is 0 Å². The third-order valence-electron chi connectivity index (χ3n) is 1.67. The van der Waals surface area contributed by atoms with Crippen molar-refractivity contribution in [3.63, 3.8) is 0 Å². The van der Waals surface area contributed by atoms with Crippen LogP contribution in [0.2, 0.25) is 0 Å². The van der Waals surface area contributed by atoms with E-state index in [0.717, 1.165) is 12.8 Å². The molecule has 0 radical (unpaired) electrons.